The maximum Gasteiger partial charge on any atom is 0.337 e. The zero-order valence-electron chi connectivity index (χ0n) is 15.4. The molecule has 0 saturated heterocycles. The van der Waals surface area contributed by atoms with E-state index in [0.29, 0.717) is 35.5 Å². The maximum absolute atomic E-state index is 12.9. The normalized spacial score (nSPS) is 10.5. The van der Waals surface area contributed by atoms with E-state index in [0.717, 1.165) is 10.5 Å². The number of carbonyl (C=O) groups excluding carboxylic acids is 3. The average Bonchev–Trinajstić information content (AvgIpc) is 2.95. The van der Waals surface area contributed by atoms with Crippen LogP contribution in [0.1, 0.15) is 33.2 Å². The molecule has 7 nitrogen and oxygen atoms in total. The first-order valence-electron chi connectivity index (χ1n) is 8.19. The molecule has 0 unspecified atom stereocenters. The number of carbonyl (C=O) groups is 3. The van der Waals surface area contributed by atoms with Gasteiger partial charge >= 0.3 is 5.97 Å². The highest BCUT2D eigenvalue weighted by molar-refractivity contribution is 6.08. The topological polar surface area (TPSA) is 94.6 Å². The Labute approximate surface area is 152 Å². The zero-order chi connectivity index (χ0) is 19.4. The Morgan fingerprint density at radius 2 is 1.96 bits per heavy atom. The third kappa shape index (κ3) is 3.67. The fourth-order valence-electron chi connectivity index (χ4n) is 2.81. The van der Waals surface area contributed by atoms with Gasteiger partial charge in [0.05, 0.1) is 23.9 Å². The lowest BCUT2D eigenvalue weighted by Gasteiger charge is -2.16. The Morgan fingerprint density at radius 3 is 2.54 bits per heavy atom. The highest BCUT2D eigenvalue weighted by Gasteiger charge is 2.25. The lowest BCUT2D eigenvalue weighted by atomic mass is 10.0. The van der Waals surface area contributed by atoms with E-state index in [1.165, 1.54) is 21.1 Å². The first-order chi connectivity index (χ1) is 12.3. The standard InChI is InChI=1S/C19H23N3O4/c1-12-11-22(9-8-20)17(16(12)18(24)21(3)13(2)23)14-6-5-7-15(10-14)19(25)26-4/h5-7,10-11H,8-9,20H2,1-4H3. The van der Waals surface area contributed by atoms with Gasteiger partial charge in [-0.05, 0) is 30.2 Å². The first kappa shape index (κ1) is 19.4. The zero-order valence-corrected chi connectivity index (χ0v) is 15.4. The van der Waals surface area contributed by atoms with Crippen LogP contribution in [0.5, 0.6) is 0 Å². The number of hydrogen-bond acceptors (Lipinski definition) is 5. The number of aryl methyl sites for hydroxylation is 1. The number of nitrogens with zero attached hydrogens (tertiary/aromatic N) is 2. The molecule has 0 bridgehead atoms. The monoisotopic (exact) mass is 357 g/mol. The minimum absolute atomic E-state index is 0.352. The van der Waals surface area contributed by atoms with Gasteiger partial charge in [0.25, 0.3) is 5.91 Å². The van der Waals surface area contributed by atoms with Crippen LogP contribution >= 0.6 is 0 Å². The van der Waals surface area contributed by atoms with Crippen molar-refractivity contribution < 1.29 is 19.1 Å². The van der Waals surface area contributed by atoms with E-state index in [9.17, 15) is 14.4 Å². The van der Waals surface area contributed by atoms with E-state index in [-0.39, 0.29) is 5.91 Å². The van der Waals surface area contributed by atoms with Gasteiger partial charge in [0.2, 0.25) is 5.91 Å². The van der Waals surface area contributed by atoms with Gasteiger partial charge in [-0.15, -0.1) is 0 Å². The van der Waals surface area contributed by atoms with Crippen LogP contribution in [0.2, 0.25) is 0 Å². The van der Waals surface area contributed by atoms with Crippen LogP contribution in [0.3, 0.4) is 0 Å². The summed E-state index contributed by atoms with van der Waals surface area (Å²) in [4.78, 5) is 37.4. The van der Waals surface area contributed by atoms with Crippen molar-refractivity contribution in [1.29, 1.82) is 0 Å². The number of aromatic nitrogens is 1. The van der Waals surface area contributed by atoms with E-state index in [4.69, 9.17) is 10.5 Å². The van der Waals surface area contributed by atoms with Crippen LogP contribution in [0, 0.1) is 6.92 Å². The van der Waals surface area contributed by atoms with E-state index in [2.05, 4.69) is 0 Å². The summed E-state index contributed by atoms with van der Waals surface area (Å²) in [6.07, 6.45) is 1.83. The summed E-state index contributed by atoms with van der Waals surface area (Å²) in [7, 11) is 2.76. The molecule has 2 rings (SSSR count). The Morgan fingerprint density at radius 1 is 1.27 bits per heavy atom. The number of nitrogens with two attached hydrogens (primary N) is 1. The molecule has 7 heteroatoms. The fourth-order valence-corrected chi connectivity index (χ4v) is 2.81. The van der Waals surface area contributed by atoms with Gasteiger partial charge in [0, 0.05) is 33.3 Å². The van der Waals surface area contributed by atoms with E-state index in [1.54, 1.807) is 24.3 Å². The molecular formula is C19H23N3O4. The summed E-state index contributed by atoms with van der Waals surface area (Å²) < 4.78 is 6.64. The van der Waals surface area contributed by atoms with Gasteiger partial charge in [-0.1, -0.05) is 12.1 Å². The molecule has 2 N–H and O–H groups in total. The third-order valence-electron chi connectivity index (χ3n) is 4.19. The summed E-state index contributed by atoms with van der Waals surface area (Å²) in [6, 6.07) is 6.83. The molecule has 0 atom stereocenters. The SMILES string of the molecule is COC(=O)c1cccc(-c2c(C(=O)N(C)C(C)=O)c(C)cn2CCN)c1. The molecule has 1 aromatic carbocycles. The molecule has 0 spiro atoms. The summed E-state index contributed by atoms with van der Waals surface area (Å²) >= 11 is 0. The van der Waals surface area contributed by atoms with Crippen molar-refractivity contribution in [2.75, 3.05) is 20.7 Å². The lowest BCUT2D eigenvalue weighted by molar-refractivity contribution is -0.125. The van der Waals surface area contributed by atoms with Gasteiger partial charge in [0.15, 0.2) is 0 Å². The van der Waals surface area contributed by atoms with Crippen LogP contribution in [0.15, 0.2) is 30.5 Å². The van der Waals surface area contributed by atoms with Crippen LogP contribution in [0.4, 0.5) is 0 Å². The number of methoxy groups -OCH3 is 1. The largest absolute Gasteiger partial charge is 0.465 e. The highest BCUT2D eigenvalue weighted by atomic mass is 16.5. The molecule has 0 aliphatic carbocycles. The Bertz CT molecular complexity index is 854. The molecule has 0 radical (unpaired) electrons. The van der Waals surface area contributed by atoms with E-state index >= 15 is 0 Å². The van der Waals surface area contributed by atoms with Crippen LogP contribution in [-0.4, -0.2) is 48.0 Å². The average molecular weight is 357 g/mol. The molecule has 0 saturated carbocycles. The van der Waals surface area contributed by atoms with Crippen molar-refractivity contribution in [2.24, 2.45) is 5.73 Å². The van der Waals surface area contributed by atoms with Gasteiger partial charge in [-0.3, -0.25) is 14.5 Å². The molecular weight excluding hydrogens is 334 g/mol. The number of benzene rings is 1. The quantitative estimate of drug-likeness (QED) is 0.824. The molecule has 1 heterocycles. The lowest BCUT2D eigenvalue weighted by Crippen LogP contribution is -2.31. The van der Waals surface area contributed by atoms with Gasteiger partial charge in [0.1, 0.15) is 0 Å². The number of esters is 1. The second-order valence-corrected chi connectivity index (χ2v) is 5.97. The molecule has 0 fully saturated rings. The van der Waals surface area contributed by atoms with E-state index < -0.39 is 11.9 Å². The number of amides is 2. The molecule has 2 amide bonds. The van der Waals surface area contributed by atoms with Crippen LogP contribution < -0.4 is 5.73 Å². The van der Waals surface area contributed by atoms with Gasteiger partial charge < -0.3 is 15.0 Å². The maximum atomic E-state index is 12.9. The Balaban J connectivity index is 2.68. The summed E-state index contributed by atoms with van der Waals surface area (Å²) in [5.41, 5.74) is 8.53. The van der Waals surface area contributed by atoms with E-state index in [1.807, 2.05) is 17.7 Å². The van der Waals surface area contributed by atoms with Gasteiger partial charge in [-0.25, -0.2) is 4.79 Å². The van der Waals surface area contributed by atoms with Crippen molar-refractivity contribution in [3.63, 3.8) is 0 Å². The molecule has 0 aliphatic rings. The van der Waals surface area contributed by atoms with Crippen molar-refractivity contribution in [1.82, 2.24) is 9.47 Å². The van der Waals surface area contributed by atoms with Crippen molar-refractivity contribution in [3.8, 4) is 11.3 Å². The summed E-state index contributed by atoms with van der Waals surface area (Å²) in [6.45, 7) is 4.02. The van der Waals surface area contributed by atoms with Crippen molar-refractivity contribution >= 4 is 17.8 Å². The number of rotatable bonds is 5. The molecule has 2 aromatic rings. The third-order valence-corrected chi connectivity index (χ3v) is 4.19. The molecule has 1 aromatic heterocycles. The Hall–Kier alpha value is -2.93. The molecule has 0 aliphatic heterocycles. The minimum Gasteiger partial charge on any atom is -0.465 e. The molecule has 138 valence electrons. The predicted molar refractivity (Wildman–Crippen MR) is 97.8 cm³/mol. The summed E-state index contributed by atoms with van der Waals surface area (Å²) in [5, 5.41) is 0. The minimum atomic E-state index is -0.464. The van der Waals surface area contributed by atoms with Crippen LogP contribution in [-0.2, 0) is 16.1 Å². The fraction of sp³-hybridized carbons (Fsp3) is 0.316. The second-order valence-electron chi connectivity index (χ2n) is 5.97. The van der Waals surface area contributed by atoms with Gasteiger partial charge in [-0.2, -0.15) is 0 Å². The molecule has 26 heavy (non-hydrogen) atoms. The highest BCUT2D eigenvalue weighted by Crippen LogP contribution is 2.30. The smallest absolute Gasteiger partial charge is 0.337 e. The second kappa shape index (κ2) is 7.97. The number of ether oxygens (including phenoxy) is 1. The first-order valence-corrected chi connectivity index (χ1v) is 8.19. The van der Waals surface area contributed by atoms with Crippen molar-refractivity contribution in [3.05, 3.63) is 47.2 Å². The number of hydrogen-bond donors (Lipinski definition) is 1. The number of imide groups is 1. The predicted octanol–water partition coefficient (Wildman–Crippen LogP) is 1.83. The van der Waals surface area contributed by atoms with Crippen molar-refractivity contribution in [2.45, 2.75) is 20.4 Å². The summed E-state index contributed by atoms with van der Waals surface area (Å²) in [5.74, 6) is -1.21. The van der Waals surface area contributed by atoms with Crippen LogP contribution in [0.25, 0.3) is 11.3 Å². The Kier molecular flexibility index (Phi) is 5.94.